The van der Waals surface area contributed by atoms with Gasteiger partial charge in [0.05, 0.1) is 13.2 Å². The van der Waals surface area contributed by atoms with E-state index in [0.29, 0.717) is 0 Å². The van der Waals surface area contributed by atoms with Gasteiger partial charge >= 0.3 is 0 Å². The Bertz CT molecular complexity index is 172. The first-order chi connectivity index (χ1) is 7.41. The smallest absolute Gasteiger partial charge is 0.0700 e. The van der Waals surface area contributed by atoms with Gasteiger partial charge in [-0.3, -0.25) is 0 Å². The normalized spacial score (nSPS) is 14.4. The second-order valence-corrected chi connectivity index (χ2v) is 15.3. The molecule has 0 saturated carbocycles. The number of ether oxygens (including phenoxy) is 2. The predicted octanol–water partition coefficient (Wildman–Crippen LogP) is 3.16. The molecule has 0 fully saturated rings. The Kier molecular flexibility index (Phi) is 8.63. The van der Waals surface area contributed by atoms with Crippen molar-refractivity contribution in [1.82, 2.24) is 0 Å². The van der Waals surface area contributed by atoms with Gasteiger partial charge in [0.1, 0.15) is 0 Å². The van der Waals surface area contributed by atoms with Crippen LogP contribution in [-0.4, -0.2) is 43.8 Å². The van der Waals surface area contributed by atoms with E-state index in [-0.39, 0.29) is 0 Å². The van der Waals surface area contributed by atoms with Crippen LogP contribution in [0, 0.1) is 0 Å². The quantitative estimate of drug-likeness (QED) is 0.469. The fourth-order valence-corrected chi connectivity index (χ4v) is 11.2. The van der Waals surface area contributed by atoms with E-state index in [2.05, 4.69) is 33.1 Å². The lowest BCUT2D eigenvalue weighted by atomic mass is 10.5. The van der Waals surface area contributed by atoms with Crippen molar-refractivity contribution in [3.63, 3.8) is 0 Å². The number of hydrogen-bond donors (Lipinski definition) is 0. The summed E-state index contributed by atoms with van der Waals surface area (Å²) in [5.74, 6) is 0. The standard InChI is InChI=1S/C12H30O2Si2/c1-12(15(3)4)16(5,6)11-7-8-14-10-9-13-2/h12,15H,7-11H2,1-6H3. The summed E-state index contributed by atoms with van der Waals surface area (Å²) in [5, 5.41) is 1.03. The van der Waals surface area contributed by atoms with Crippen LogP contribution in [0.25, 0.3) is 0 Å². The fourth-order valence-electron chi connectivity index (χ4n) is 2.00. The molecule has 0 amide bonds. The third-order valence-corrected chi connectivity index (χ3v) is 14.6. The monoisotopic (exact) mass is 262 g/mol. The minimum atomic E-state index is -0.988. The minimum absolute atomic E-state index is 0.459. The predicted molar refractivity (Wildman–Crippen MR) is 77.9 cm³/mol. The minimum Gasteiger partial charge on any atom is -0.382 e. The molecule has 0 spiro atoms. The first-order valence-corrected chi connectivity index (χ1v) is 12.7. The molecule has 0 aromatic rings. The number of hydrogen-bond acceptors (Lipinski definition) is 2. The van der Waals surface area contributed by atoms with Gasteiger partial charge in [-0.2, -0.15) is 0 Å². The molecular weight excluding hydrogens is 232 g/mol. The lowest BCUT2D eigenvalue weighted by molar-refractivity contribution is 0.0709. The van der Waals surface area contributed by atoms with Crippen molar-refractivity contribution in [1.29, 1.82) is 0 Å². The Balaban J connectivity index is 3.66. The maximum absolute atomic E-state index is 5.52. The van der Waals surface area contributed by atoms with Crippen molar-refractivity contribution in [3.8, 4) is 0 Å². The largest absolute Gasteiger partial charge is 0.382 e. The van der Waals surface area contributed by atoms with E-state index in [1.807, 2.05) is 0 Å². The molecule has 1 atom stereocenters. The second kappa shape index (κ2) is 8.45. The van der Waals surface area contributed by atoms with Crippen molar-refractivity contribution in [2.24, 2.45) is 0 Å². The summed E-state index contributed by atoms with van der Waals surface area (Å²) >= 11 is 0. The van der Waals surface area contributed by atoms with Gasteiger partial charge in [0.25, 0.3) is 0 Å². The van der Waals surface area contributed by atoms with Crippen molar-refractivity contribution in [2.45, 2.75) is 50.7 Å². The van der Waals surface area contributed by atoms with E-state index in [1.165, 1.54) is 12.5 Å². The summed E-state index contributed by atoms with van der Waals surface area (Å²) in [6.07, 6.45) is 1.23. The summed E-state index contributed by atoms with van der Waals surface area (Å²) in [4.78, 5) is 0. The highest BCUT2D eigenvalue weighted by atomic mass is 28.4. The van der Waals surface area contributed by atoms with Crippen molar-refractivity contribution in [3.05, 3.63) is 0 Å². The molecule has 1 unspecified atom stereocenters. The van der Waals surface area contributed by atoms with Crippen molar-refractivity contribution in [2.75, 3.05) is 26.9 Å². The van der Waals surface area contributed by atoms with Crippen LogP contribution in [0.1, 0.15) is 13.3 Å². The van der Waals surface area contributed by atoms with Crippen LogP contribution in [0.4, 0.5) is 0 Å². The van der Waals surface area contributed by atoms with E-state index in [4.69, 9.17) is 9.47 Å². The molecule has 0 aliphatic rings. The molecule has 4 heteroatoms. The van der Waals surface area contributed by atoms with Gasteiger partial charge in [-0.25, -0.2) is 0 Å². The Morgan fingerprint density at radius 3 is 2.25 bits per heavy atom. The first-order valence-electron chi connectivity index (χ1n) is 6.48. The van der Waals surface area contributed by atoms with Crippen LogP contribution >= 0.6 is 0 Å². The average molecular weight is 263 g/mol. The van der Waals surface area contributed by atoms with Gasteiger partial charge in [-0.05, 0) is 6.42 Å². The number of methoxy groups -OCH3 is 1. The van der Waals surface area contributed by atoms with E-state index < -0.39 is 16.9 Å². The zero-order valence-electron chi connectivity index (χ0n) is 12.0. The Labute approximate surface area is 104 Å². The molecule has 0 aliphatic carbocycles. The fraction of sp³-hybridized carbons (Fsp3) is 1.00. The SMILES string of the molecule is COCCOCCC[Si](C)(C)C(C)[SiH](C)C. The van der Waals surface area contributed by atoms with E-state index in [0.717, 1.165) is 25.0 Å². The van der Waals surface area contributed by atoms with E-state index >= 15 is 0 Å². The van der Waals surface area contributed by atoms with Gasteiger partial charge in [-0.1, -0.05) is 44.3 Å². The van der Waals surface area contributed by atoms with E-state index in [1.54, 1.807) is 7.11 Å². The molecule has 0 radical (unpaired) electrons. The summed E-state index contributed by atoms with van der Waals surface area (Å²) in [5.41, 5.74) is 0. The molecular formula is C12H30O2Si2. The van der Waals surface area contributed by atoms with Crippen LogP contribution in [-0.2, 0) is 9.47 Å². The maximum Gasteiger partial charge on any atom is 0.0700 e. The maximum atomic E-state index is 5.52. The Morgan fingerprint density at radius 2 is 1.75 bits per heavy atom. The molecule has 0 aromatic carbocycles. The van der Waals surface area contributed by atoms with Gasteiger partial charge in [0, 0.05) is 30.6 Å². The number of rotatable bonds is 9. The van der Waals surface area contributed by atoms with Gasteiger partial charge in [0.15, 0.2) is 0 Å². The Hall–Kier alpha value is 0.354. The van der Waals surface area contributed by atoms with Crippen LogP contribution in [0.3, 0.4) is 0 Å². The average Bonchev–Trinajstić information content (AvgIpc) is 2.22. The Morgan fingerprint density at radius 1 is 1.12 bits per heavy atom. The topological polar surface area (TPSA) is 18.5 Å². The highest BCUT2D eigenvalue weighted by Crippen LogP contribution is 2.28. The molecule has 0 saturated heterocycles. The summed E-state index contributed by atoms with van der Waals surface area (Å²) in [6.45, 7) is 14.9. The molecule has 98 valence electrons. The summed E-state index contributed by atoms with van der Waals surface area (Å²) in [6, 6.07) is 1.41. The first kappa shape index (κ1) is 16.4. The summed E-state index contributed by atoms with van der Waals surface area (Å²) < 4.78 is 10.5. The van der Waals surface area contributed by atoms with Crippen molar-refractivity contribution >= 4 is 16.9 Å². The third kappa shape index (κ3) is 6.83. The molecule has 0 aromatic heterocycles. The molecule has 16 heavy (non-hydrogen) atoms. The molecule has 0 N–H and O–H groups in total. The molecule has 0 bridgehead atoms. The molecule has 2 nitrogen and oxygen atoms in total. The van der Waals surface area contributed by atoms with Gasteiger partial charge in [0.2, 0.25) is 0 Å². The molecule has 0 rings (SSSR count). The lowest BCUT2D eigenvalue weighted by Gasteiger charge is -2.32. The van der Waals surface area contributed by atoms with Crippen LogP contribution < -0.4 is 0 Å². The van der Waals surface area contributed by atoms with Gasteiger partial charge < -0.3 is 9.47 Å². The highest BCUT2D eigenvalue weighted by Gasteiger charge is 2.29. The van der Waals surface area contributed by atoms with Crippen LogP contribution in [0.5, 0.6) is 0 Å². The third-order valence-electron chi connectivity index (χ3n) is 3.77. The zero-order chi connectivity index (χ0) is 12.6. The van der Waals surface area contributed by atoms with Crippen molar-refractivity contribution < 1.29 is 9.47 Å². The van der Waals surface area contributed by atoms with Gasteiger partial charge in [-0.15, -0.1) is 0 Å². The molecule has 0 heterocycles. The zero-order valence-corrected chi connectivity index (χ0v) is 14.2. The van der Waals surface area contributed by atoms with Crippen LogP contribution in [0.2, 0.25) is 37.4 Å². The molecule has 0 aliphatic heterocycles. The second-order valence-electron chi connectivity index (χ2n) is 5.73. The van der Waals surface area contributed by atoms with Crippen LogP contribution in [0.15, 0.2) is 0 Å². The van der Waals surface area contributed by atoms with E-state index in [9.17, 15) is 0 Å². The highest BCUT2D eigenvalue weighted by molar-refractivity contribution is 6.89. The lowest BCUT2D eigenvalue weighted by Crippen LogP contribution is -2.37. The summed E-state index contributed by atoms with van der Waals surface area (Å²) in [7, 11) is 0.270.